The van der Waals surface area contributed by atoms with Crippen LogP contribution in [-0.2, 0) is 0 Å². The molecule has 0 unspecified atom stereocenters. The minimum absolute atomic E-state index is 0.628. The maximum Gasteiger partial charge on any atom is 0.235 e. The molecule has 0 aliphatic carbocycles. The number of ether oxygens (including phenoxy) is 1. The van der Waals surface area contributed by atoms with E-state index in [-0.39, 0.29) is 0 Å². The van der Waals surface area contributed by atoms with E-state index in [1.54, 1.807) is 11.6 Å². The summed E-state index contributed by atoms with van der Waals surface area (Å²) in [6.45, 7) is 0. The van der Waals surface area contributed by atoms with E-state index in [4.69, 9.17) is 4.74 Å². The van der Waals surface area contributed by atoms with Crippen LogP contribution < -0.4 is 4.74 Å². The SMILES string of the molecule is COc1ccccc1/C=C/c1nn2c(-c3cc(-c4ccccc4)n[nH]3)nnc2s1. The number of rotatable bonds is 5. The van der Waals surface area contributed by atoms with Gasteiger partial charge in [0, 0.05) is 11.1 Å². The van der Waals surface area contributed by atoms with Gasteiger partial charge < -0.3 is 4.74 Å². The summed E-state index contributed by atoms with van der Waals surface area (Å²) in [5.74, 6) is 1.45. The largest absolute Gasteiger partial charge is 0.496 e. The van der Waals surface area contributed by atoms with Crippen molar-refractivity contribution in [3.8, 4) is 28.5 Å². The second-order valence-corrected chi connectivity index (χ2v) is 7.25. The maximum absolute atomic E-state index is 5.39. The van der Waals surface area contributed by atoms with Gasteiger partial charge in [0.05, 0.1) is 12.8 Å². The molecule has 0 fully saturated rings. The Bertz CT molecular complexity index is 1300. The first-order valence-electron chi connectivity index (χ1n) is 8.96. The highest BCUT2D eigenvalue weighted by Crippen LogP contribution is 2.26. The zero-order valence-electron chi connectivity index (χ0n) is 15.5. The number of benzene rings is 2. The number of hydrogen-bond donors (Lipinski definition) is 1. The molecule has 0 amide bonds. The maximum atomic E-state index is 5.39. The van der Waals surface area contributed by atoms with Crippen molar-refractivity contribution in [3.05, 3.63) is 71.2 Å². The first-order valence-corrected chi connectivity index (χ1v) is 9.78. The highest BCUT2D eigenvalue weighted by molar-refractivity contribution is 7.17. The number of aromatic amines is 1. The van der Waals surface area contributed by atoms with Crippen molar-refractivity contribution in [1.82, 2.24) is 30.0 Å². The fourth-order valence-corrected chi connectivity index (χ4v) is 3.77. The van der Waals surface area contributed by atoms with Gasteiger partial charge in [-0.25, -0.2) is 0 Å². The Kier molecular flexibility index (Phi) is 4.38. The van der Waals surface area contributed by atoms with Crippen LogP contribution in [0.25, 0.3) is 39.9 Å². The Morgan fingerprint density at radius 1 is 1.00 bits per heavy atom. The third-order valence-corrected chi connectivity index (χ3v) is 5.30. The van der Waals surface area contributed by atoms with Gasteiger partial charge in [-0.2, -0.15) is 14.7 Å². The van der Waals surface area contributed by atoms with Gasteiger partial charge in [0.25, 0.3) is 0 Å². The molecule has 0 bridgehead atoms. The average molecular weight is 400 g/mol. The number of nitrogens with zero attached hydrogens (tertiary/aromatic N) is 5. The van der Waals surface area contributed by atoms with Gasteiger partial charge >= 0.3 is 0 Å². The lowest BCUT2D eigenvalue weighted by molar-refractivity contribution is 0.414. The summed E-state index contributed by atoms with van der Waals surface area (Å²) in [5, 5.41) is 21.4. The van der Waals surface area contributed by atoms with E-state index in [1.165, 1.54) is 11.3 Å². The predicted octanol–water partition coefficient (Wildman–Crippen LogP) is 4.42. The summed E-state index contributed by atoms with van der Waals surface area (Å²) in [7, 11) is 1.66. The van der Waals surface area contributed by atoms with E-state index < -0.39 is 0 Å². The molecule has 3 aromatic heterocycles. The van der Waals surface area contributed by atoms with Gasteiger partial charge in [-0.05, 0) is 24.3 Å². The normalized spacial score (nSPS) is 11.5. The Labute approximate surface area is 170 Å². The molecular formula is C21H16N6OS. The number of H-pyrrole nitrogens is 1. The van der Waals surface area contributed by atoms with Gasteiger partial charge in [0.15, 0.2) is 0 Å². The average Bonchev–Trinajstić information content (AvgIpc) is 3.49. The van der Waals surface area contributed by atoms with Crippen LogP contribution in [0.1, 0.15) is 10.6 Å². The molecular weight excluding hydrogens is 384 g/mol. The van der Waals surface area contributed by atoms with Crippen molar-refractivity contribution in [1.29, 1.82) is 0 Å². The first kappa shape index (κ1) is 17.3. The molecule has 1 N–H and O–H groups in total. The van der Waals surface area contributed by atoms with Crippen molar-refractivity contribution >= 4 is 28.4 Å². The number of para-hydroxylation sites is 1. The van der Waals surface area contributed by atoms with E-state index in [0.717, 1.165) is 38.2 Å². The molecule has 29 heavy (non-hydrogen) atoms. The van der Waals surface area contributed by atoms with Crippen molar-refractivity contribution in [2.45, 2.75) is 0 Å². The zero-order chi connectivity index (χ0) is 19.6. The molecule has 5 rings (SSSR count). The molecule has 5 aromatic rings. The number of nitrogens with one attached hydrogen (secondary N) is 1. The van der Waals surface area contributed by atoms with Crippen LogP contribution in [0.5, 0.6) is 5.75 Å². The molecule has 0 spiro atoms. The third-order valence-electron chi connectivity index (χ3n) is 4.44. The third kappa shape index (κ3) is 3.30. The number of hydrogen-bond acceptors (Lipinski definition) is 6. The van der Waals surface area contributed by atoms with Crippen LogP contribution in [0, 0.1) is 0 Å². The minimum Gasteiger partial charge on any atom is -0.496 e. The monoisotopic (exact) mass is 400 g/mol. The Morgan fingerprint density at radius 2 is 1.83 bits per heavy atom. The van der Waals surface area contributed by atoms with Gasteiger partial charge in [0.1, 0.15) is 16.5 Å². The molecule has 3 heterocycles. The zero-order valence-corrected chi connectivity index (χ0v) is 16.3. The second kappa shape index (κ2) is 7.33. The molecule has 8 heteroatoms. The minimum atomic E-state index is 0.628. The van der Waals surface area contributed by atoms with Crippen molar-refractivity contribution < 1.29 is 4.74 Å². The van der Waals surface area contributed by atoms with E-state index in [1.807, 2.05) is 72.8 Å². The lowest BCUT2D eigenvalue weighted by Gasteiger charge is -2.02. The molecule has 2 aromatic carbocycles. The smallest absolute Gasteiger partial charge is 0.235 e. The summed E-state index contributed by atoms with van der Waals surface area (Å²) in [6.07, 6.45) is 3.93. The van der Waals surface area contributed by atoms with Crippen LogP contribution in [0.3, 0.4) is 0 Å². The second-order valence-electron chi connectivity index (χ2n) is 6.27. The summed E-state index contributed by atoms with van der Waals surface area (Å²) >= 11 is 1.46. The molecule has 0 aliphatic rings. The van der Waals surface area contributed by atoms with Crippen molar-refractivity contribution in [2.75, 3.05) is 7.11 Å². The summed E-state index contributed by atoms with van der Waals surface area (Å²) < 4.78 is 7.12. The standard InChI is InChI=1S/C21H16N6OS/c1-28-18-10-6-5-9-15(18)11-12-19-26-27-20(24-25-21(27)29-19)17-13-16(22-23-17)14-7-3-2-4-8-14/h2-13H,1H3,(H,22,23)/b12-11+. The van der Waals surface area contributed by atoms with Gasteiger partial charge in [-0.15, -0.1) is 10.2 Å². The van der Waals surface area contributed by atoms with Gasteiger partial charge in [-0.1, -0.05) is 59.9 Å². The van der Waals surface area contributed by atoms with Crippen LogP contribution in [0.4, 0.5) is 0 Å². The number of methoxy groups -OCH3 is 1. The molecule has 0 saturated heterocycles. The van der Waals surface area contributed by atoms with Crippen molar-refractivity contribution in [3.63, 3.8) is 0 Å². The fourth-order valence-electron chi connectivity index (χ4n) is 3.03. The molecule has 0 saturated carbocycles. The van der Waals surface area contributed by atoms with Crippen LogP contribution in [0.2, 0.25) is 0 Å². The summed E-state index contributed by atoms with van der Waals surface area (Å²) in [6, 6.07) is 19.8. The molecule has 7 nitrogen and oxygen atoms in total. The predicted molar refractivity (Wildman–Crippen MR) is 114 cm³/mol. The molecule has 0 atom stereocenters. The quantitative estimate of drug-likeness (QED) is 0.472. The van der Waals surface area contributed by atoms with Gasteiger partial charge in [-0.3, -0.25) is 5.10 Å². The Hall–Kier alpha value is -3.78. The molecule has 0 radical (unpaired) electrons. The van der Waals surface area contributed by atoms with E-state index in [0.29, 0.717) is 5.82 Å². The van der Waals surface area contributed by atoms with E-state index in [9.17, 15) is 0 Å². The molecule has 142 valence electrons. The Morgan fingerprint density at radius 3 is 2.69 bits per heavy atom. The van der Waals surface area contributed by atoms with E-state index >= 15 is 0 Å². The first-order chi connectivity index (χ1) is 14.3. The highest BCUT2D eigenvalue weighted by atomic mass is 32.1. The molecule has 0 aliphatic heterocycles. The highest BCUT2D eigenvalue weighted by Gasteiger charge is 2.15. The van der Waals surface area contributed by atoms with Crippen LogP contribution in [0.15, 0.2) is 60.7 Å². The van der Waals surface area contributed by atoms with Gasteiger partial charge in [0.2, 0.25) is 10.8 Å². The van der Waals surface area contributed by atoms with E-state index in [2.05, 4.69) is 25.5 Å². The fraction of sp³-hybridized carbons (Fsp3) is 0.0476. The lowest BCUT2D eigenvalue weighted by atomic mass is 10.1. The topological polar surface area (TPSA) is 81.0 Å². The Balaban J connectivity index is 1.46. The van der Waals surface area contributed by atoms with Crippen LogP contribution in [-0.4, -0.2) is 37.1 Å². The summed E-state index contributed by atoms with van der Waals surface area (Å²) in [4.78, 5) is 0.718. The number of aromatic nitrogens is 6. The lowest BCUT2D eigenvalue weighted by Crippen LogP contribution is -1.91. The van der Waals surface area contributed by atoms with Crippen molar-refractivity contribution in [2.24, 2.45) is 0 Å². The summed E-state index contributed by atoms with van der Waals surface area (Å²) in [5.41, 5.74) is 3.64. The number of fused-ring (bicyclic) bond motifs is 1. The van der Waals surface area contributed by atoms with Crippen LogP contribution >= 0.6 is 11.3 Å².